The molecule has 4 rings (SSSR count). The first-order valence-corrected chi connectivity index (χ1v) is 22.0. The molecule has 7 N–H and O–H groups in total. The lowest BCUT2D eigenvalue weighted by Crippen LogP contribution is -2.61. The number of carbonyl (C=O) groups excluding carboxylic acids is 7. The first kappa shape index (κ1) is 51.6. The Morgan fingerprint density at radius 1 is 0.439 bits per heavy atom. The molecular weight excluding hydrogens is 845 g/mol. The normalized spacial score (nSPS) is 14.2. The monoisotopic (exact) mass is 906 g/mol. The van der Waals surface area contributed by atoms with E-state index >= 15 is 0 Å². The van der Waals surface area contributed by atoms with Gasteiger partial charge < -0.3 is 46.5 Å². The van der Waals surface area contributed by atoms with Gasteiger partial charge in [-0.15, -0.1) is 0 Å². The maximum absolute atomic E-state index is 14.5. The van der Waals surface area contributed by atoms with Gasteiger partial charge in [0.1, 0.15) is 43.5 Å². The van der Waals surface area contributed by atoms with E-state index in [1.54, 1.807) is 137 Å². The zero-order valence-electron chi connectivity index (χ0n) is 38.2. The maximum atomic E-state index is 14.5. The molecule has 0 fully saturated rings. The Hall–Kier alpha value is -7.07. The van der Waals surface area contributed by atoms with Crippen molar-refractivity contribution in [2.75, 3.05) is 0 Å². The summed E-state index contributed by atoms with van der Waals surface area (Å²) in [6, 6.07) is 28.5. The van der Waals surface area contributed by atoms with E-state index in [4.69, 9.17) is 9.47 Å². The smallest absolute Gasteiger partial charge is 0.408 e. The molecule has 0 spiro atoms. The van der Waals surface area contributed by atoms with Gasteiger partial charge in [0.2, 0.25) is 23.6 Å². The number of nitrogens with one attached hydrogen (secondary N) is 6. The van der Waals surface area contributed by atoms with Crippen molar-refractivity contribution in [3.63, 3.8) is 0 Å². The zero-order chi connectivity index (χ0) is 48.2. The molecule has 7 atom stereocenters. The molecule has 4 aromatic rings. The molecule has 0 heterocycles. The highest BCUT2D eigenvalue weighted by molar-refractivity contribution is 5.97. The van der Waals surface area contributed by atoms with Gasteiger partial charge in [-0.05, 0) is 60.8 Å². The summed E-state index contributed by atoms with van der Waals surface area (Å²) in [5.74, 6) is -4.59. The molecule has 0 aliphatic rings. The Morgan fingerprint density at radius 3 is 1.17 bits per heavy atom. The van der Waals surface area contributed by atoms with Gasteiger partial charge >= 0.3 is 12.2 Å². The third-order valence-corrected chi connectivity index (χ3v) is 10.6. The summed E-state index contributed by atoms with van der Waals surface area (Å²) in [6.45, 7) is 9.64. The third-order valence-electron chi connectivity index (χ3n) is 10.6. The fraction of sp³-hybridized carbons (Fsp3) is 0.380. The Balaban J connectivity index is 1.49. The lowest BCUT2D eigenvalue weighted by atomic mass is 9.91. The first-order valence-electron chi connectivity index (χ1n) is 22.0. The minimum atomic E-state index is -1.88. The highest BCUT2D eigenvalue weighted by Crippen LogP contribution is 2.15. The van der Waals surface area contributed by atoms with Gasteiger partial charge in [0.25, 0.3) is 0 Å². The van der Waals surface area contributed by atoms with Gasteiger partial charge in [0.05, 0.1) is 12.1 Å². The van der Waals surface area contributed by atoms with Crippen LogP contribution in [0.3, 0.4) is 0 Å². The van der Waals surface area contributed by atoms with E-state index in [-0.39, 0.29) is 26.1 Å². The van der Waals surface area contributed by atoms with Gasteiger partial charge in [-0.2, -0.15) is 0 Å². The summed E-state index contributed by atoms with van der Waals surface area (Å²) in [4.78, 5) is 94.3. The van der Waals surface area contributed by atoms with Crippen LogP contribution in [-0.2, 0) is 59.5 Å². The van der Waals surface area contributed by atoms with Gasteiger partial charge in [0.15, 0.2) is 5.78 Å². The van der Waals surface area contributed by atoms with E-state index in [0.29, 0.717) is 11.1 Å². The number of amides is 6. The largest absolute Gasteiger partial charge is 0.445 e. The Morgan fingerprint density at radius 2 is 0.788 bits per heavy atom. The molecule has 0 saturated heterocycles. The van der Waals surface area contributed by atoms with Crippen LogP contribution in [0, 0.1) is 11.8 Å². The summed E-state index contributed by atoms with van der Waals surface area (Å²) < 4.78 is 10.5. The van der Waals surface area contributed by atoms with Gasteiger partial charge in [-0.1, -0.05) is 149 Å². The molecule has 16 nitrogen and oxygen atoms in total. The minimum absolute atomic E-state index is 0.0147. The summed E-state index contributed by atoms with van der Waals surface area (Å²) in [7, 11) is 0. The molecule has 4 aromatic carbocycles. The number of ether oxygens (including phenoxy) is 2. The molecule has 0 aromatic heterocycles. The predicted octanol–water partition coefficient (Wildman–Crippen LogP) is 4.28. The van der Waals surface area contributed by atoms with Crippen molar-refractivity contribution < 1.29 is 48.1 Å². The molecular formula is C50H62N6O10. The van der Waals surface area contributed by atoms with Crippen LogP contribution in [0.4, 0.5) is 9.59 Å². The topological polar surface area (TPSA) is 230 Å². The molecule has 66 heavy (non-hydrogen) atoms. The van der Waals surface area contributed by atoms with Gasteiger partial charge in [0, 0.05) is 0 Å². The standard InChI is InChI=1S/C50H62N6O10/c1-31(2)41(55-45(59)33(5)51-49(63)65-29-37-23-15-9-16-24-37)47(61)53-39(27-35-19-11-7-12-20-35)43(57)44(58)40(28-36-21-13-8-14-22-36)54-48(62)42(32(3)4)56-46(60)34(6)52-50(64)66-30-38-25-17-10-18-26-38/h7-26,31-34,39-43,57H,27-30H2,1-6H3,(H,51,63)(H,52,64)(H,53,61)(H,54,62)(H,55,59)(H,56,60)/t33-,34-,39-,40-,41-,42-,43+/m0/s1. The van der Waals surface area contributed by atoms with Crippen LogP contribution in [0.5, 0.6) is 0 Å². The zero-order valence-corrected chi connectivity index (χ0v) is 38.2. The van der Waals surface area contributed by atoms with E-state index in [0.717, 1.165) is 11.1 Å². The Kier molecular flexibility index (Phi) is 20.3. The minimum Gasteiger partial charge on any atom is -0.445 e. The molecule has 0 radical (unpaired) electrons. The van der Waals surface area contributed by atoms with Crippen molar-refractivity contribution in [2.45, 2.75) is 110 Å². The van der Waals surface area contributed by atoms with E-state index in [9.17, 15) is 38.7 Å². The van der Waals surface area contributed by atoms with Crippen molar-refractivity contribution in [1.82, 2.24) is 31.9 Å². The fourth-order valence-corrected chi connectivity index (χ4v) is 6.76. The van der Waals surface area contributed by atoms with Crippen LogP contribution in [-0.4, -0.2) is 89.1 Å². The average Bonchev–Trinajstić information content (AvgIpc) is 3.31. The van der Waals surface area contributed by atoms with Gasteiger partial charge in [-0.3, -0.25) is 24.0 Å². The Bertz CT molecular complexity index is 2190. The quantitative estimate of drug-likeness (QED) is 0.0559. The highest BCUT2D eigenvalue weighted by Gasteiger charge is 2.38. The van der Waals surface area contributed by atoms with Crippen molar-refractivity contribution in [2.24, 2.45) is 11.8 Å². The number of aliphatic hydroxyl groups excluding tert-OH is 1. The number of aliphatic hydroxyl groups is 1. The van der Waals surface area contributed by atoms with Crippen LogP contribution < -0.4 is 31.9 Å². The first-order chi connectivity index (χ1) is 31.5. The molecule has 0 aliphatic heterocycles. The number of carbonyl (C=O) groups is 7. The molecule has 0 unspecified atom stereocenters. The highest BCUT2D eigenvalue weighted by atomic mass is 16.6. The van der Waals surface area contributed by atoms with Crippen LogP contribution in [0.1, 0.15) is 63.8 Å². The van der Waals surface area contributed by atoms with Crippen LogP contribution >= 0.6 is 0 Å². The maximum Gasteiger partial charge on any atom is 0.408 e. The number of Topliss-reactive ketones (excluding diaryl/α,β-unsaturated/α-hetero) is 1. The molecule has 352 valence electrons. The number of hydrogen-bond acceptors (Lipinski definition) is 10. The van der Waals surface area contributed by atoms with E-state index in [2.05, 4.69) is 31.9 Å². The lowest BCUT2D eigenvalue weighted by molar-refractivity contribution is -0.137. The number of benzene rings is 4. The predicted molar refractivity (Wildman–Crippen MR) is 247 cm³/mol. The second-order valence-electron chi connectivity index (χ2n) is 16.7. The number of ketones is 1. The second-order valence-corrected chi connectivity index (χ2v) is 16.7. The lowest BCUT2D eigenvalue weighted by Gasteiger charge is -2.31. The summed E-state index contributed by atoms with van der Waals surface area (Å²) in [5.41, 5.74) is 2.83. The molecule has 6 amide bonds. The molecule has 0 saturated carbocycles. The Labute approximate surface area is 386 Å². The van der Waals surface area contributed by atoms with Crippen molar-refractivity contribution in [3.05, 3.63) is 144 Å². The number of hydrogen-bond donors (Lipinski definition) is 7. The number of rotatable bonds is 23. The molecule has 0 bridgehead atoms. The molecule has 0 aliphatic carbocycles. The van der Waals surface area contributed by atoms with Crippen LogP contribution in [0.15, 0.2) is 121 Å². The van der Waals surface area contributed by atoms with E-state index < -0.39 is 95.8 Å². The van der Waals surface area contributed by atoms with Crippen LogP contribution in [0.2, 0.25) is 0 Å². The second kappa shape index (κ2) is 26.0. The molecule has 16 heteroatoms. The fourth-order valence-electron chi connectivity index (χ4n) is 6.76. The summed E-state index contributed by atoms with van der Waals surface area (Å²) in [6.07, 6.45) is -3.62. The van der Waals surface area contributed by atoms with Crippen LogP contribution in [0.25, 0.3) is 0 Å². The van der Waals surface area contributed by atoms with Crippen molar-refractivity contribution in [1.29, 1.82) is 0 Å². The summed E-state index contributed by atoms with van der Waals surface area (Å²) in [5, 5.41) is 27.8. The van der Waals surface area contributed by atoms with E-state index in [1.165, 1.54) is 13.8 Å². The SMILES string of the molecule is CC(C)[C@H](NC(=O)[C@H](C)NC(=O)OCc1ccccc1)C(=O)N[C@@H](Cc1ccccc1)C(=O)[C@H](O)[C@H](Cc1ccccc1)NC(=O)[C@@H](NC(=O)[C@H](C)NC(=O)OCc1ccccc1)C(C)C. The van der Waals surface area contributed by atoms with E-state index in [1.807, 2.05) is 12.1 Å². The van der Waals surface area contributed by atoms with Crippen molar-refractivity contribution in [3.8, 4) is 0 Å². The summed E-state index contributed by atoms with van der Waals surface area (Å²) >= 11 is 0. The third kappa shape index (κ3) is 16.8. The van der Waals surface area contributed by atoms with Gasteiger partial charge in [-0.25, -0.2) is 9.59 Å². The average molecular weight is 907 g/mol. The number of alkyl carbamates (subject to hydrolysis) is 2. The van der Waals surface area contributed by atoms with Crippen molar-refractivity contribution >= 4 is 41.6 Å².